The van der Waals surface area contributed by atoms with E-state index < -0.39 is 43.0 Å². The lowest BCUT2D eigenvalue weighted by molar-refractivity contribution is -0.187. The number of hydrogen-bond acceptors (Lipinski definition) is 5. The fourth-order valence-electron chi connectivity index (χ4n) is 2.79. The maximum Gasteiger partial charge on any atom is 0.394 e. The Bertz CT molecular complexity index is 774. The van der Waals surface area contributed by atoms with Crippen molar-refractivity contribution in [3.05, 3.63) is 36.2 Å². The lowest BCUT2D eigenvalue weighted by Crippen LogP contribution is -2.34. The van der Waals surface area contributed by atoms with Crippen LogP contribution in [0.2, 0.25) is 0 Å². The average molecular weight is 355 g/mol. The van der Waals surface area contributed by atoms with Crippen LogP contribution in [0.4, 0.5) is 13.2 Å². The van der Waals surface area contributed by atoms with Gasteiger partial charge < -0.3 is 14.5 Å². The summed E-state index contributed by atoms with van der Waals surface area (Å²) in [5.41, 5.74) is 0.725. The summed E-state index contributed by atoms with van der Waals surface area (Å²) in [6.07, 6.45) is -3.54. The molecule has 1 aliphatic heterocycles. The minimum atomic E-state index is -4.68. The number of carbonyl (C=O) groups excluding carboxylic acids is 1. The Hall–Kier alpha value is -2.91. The number of likely N-dealkylation sites (tertiary alicyclic amines) is 1. The van der Waals surface area contributed by atoms with Crippen LogP contribution in [-0.4, -0.2) is 51.3 Å². The van der Waals surface area contributed by atoms with Crippen LogP contribution in [0.3, 0.4) is 0 Å². The standard InChI is InChI=1S/C15H12F3N3O4/c16-15(17,18)11-6-21(5-10(11)14(23)24)13(22)9-3-1-8(2-4-9)12-19-7-25-20-12/h1-4,7,10-11H,5-6H2,(H,23,24)/t10-,11-/m1/s1. The fourth-order valence-corrected chi connectivity index (χ4v) is 2.79. The highest BCUT2D eigenvalue weighted by atomic mass is 19.4. The smallest absolute Gasteiger partial charge is 0.394 e. The summed E-state index contributed by atoms with van der Waals surface area (Å²) in [5, 5.41) is 12.6. The van der Waals surface area contributed by atoms with Gasteiger partial charge in [-0.1, -0.05) is 17.3 Å². The first kappa shape index (κ1) is 16.9. The number of nitrogens with zero attached hydrogens (tertiary/aromatic N) is 3. The van der Waals surface area contributed by atoms with Crippen LogP contribution in [0.25, 0.3) is 11.4 Å². The molecule has 1 amide bonds. The van der Waals surface area contributed by atoms with Crippen molar-refractivity contribution in [1.29, 1.82) is 0 Å². The van der Waals surface area contributed by atoms with Crippen molar-refractivity contribution in [2.24, 2.45) is 11.8 Å². The van der Waals surface area contributed by atoms with Gasteiger partial charge in [-0.05, 0) is 12.1 Å². The highest BCUT2D eigenvalue weighted by molar-refractivity contribution is 5.95. The number of hydrogen-bond donors (Lipinski definition) is 1. The van der Waals surface area contributed by atoms with Crippen LogP contribution in [0.5, 0.6) is 0 Å². The van der Waals surface area contributed by atoms with E-state index in [0.717, 1.165) is 11.3 Å². The van der Waals surface area contributed by atoms with Gasteiger partial charge in [0.25, 0.3) is 5.91 Å². The molecule has 0 bridgehead atoms. The van der Waals surface area contributed by atoms with E-state index in [9.17, 15) is 22.8 Å². The molecule has 2 aromatic rings. The first-order valence-electron chi connectivity index (χ1n) is 7.23. The van der Waals surface area contributed by atoms with E-state index in [0.29, 0.717) is 11.4 Å². The summed E-state index contributed by atoms with van der Waals surface area (Å²) >= 11 is 0. The minimum Gasteiger partial charge on any atom is -0.481 e. The molecule has 1 aromatic heterocycles. The van der Waals surface area contributed by atoms with Crippen molar-refractivity contribution in [2.75, 3.05) is 13.1 Å². The van der Waals surface area contributed by atoms with Gasteiger partial charge in [0.2, 0.25) is 12.2 Å². The Labute approximate surface area is 139 Å². The van der Waals surface area contributed by atoms with Crippen LogP contribution in [0.15, 0.2) is 35.2 Å². The molecule has 2 atom stereocenters. The van der Waals surface area contributed by atoms with Crippen LogP contribution in [-0.2, 0) is 4.79 Å². The molecule has 0 unspecified atom stereocenters. The topological polar surface area (TPSA) is 96.5 Å². The maximum atomic E-state index is 13.0. The highest BCUT2D eigenvalue weighted by Crippen LogP contribution is 2.38. The van der Waals surface area contributed by atoms with E-state index >= 15 is 0 Å². The summed E-state index contributed by atoms with van der Waals surface area (Å²) in [6.45, 7) is -1.16. The fraction of sp³-hybridized carbons (Fsp3) is 0.333. The molecular weight excluding hydrogens is 343 g/mol. The van der Waals surface area contributed by atoms with Crippen LogP contribution in [0, 0.1) is 11.8 Å². The Kier molecular flexibility index (Phi) is 4.19. The first-order chi connectivity index (χ1) is 11.8. The number of aromatic nitrogens is 2. The number of aliphatic carboxylic acids is 1. The molecular formula is C15H12F3N3O4. The maximum absolute atomic E-state index is 13.0. The molecule has 1 saturated heterocycles. The van der Waals surface area contributed by atoms with E-state index in [2.05, 4.69) is 14.7 Å². The molecule has 0 aliphatic carbocycles. The number of carboxylic acids is 1. The van der Waals surface area contributed by atoms with Crippen molar-refractivity contribution in [3.8, 4) is 11.4 Å². The monoisotopic (exact) mass is 355 g/mol. The molecule has 1 aromatic carbocycles. The van der Waals surface area contributed by atoms with E-state index in [4.69, 9.17) is 5.11 Å². The molecule has 1 fully saturated rings. The third-order valence-electron chi connectivity index (χ3n) is 4.10. The molecule has 10 heteroatoms. The van der Waals surface area contributed by atoms with Gasteiger partial charge in [-0.15, -0.1) is 0 Å². The number of amides is 1. The quantitative estimate of drug-likeness (QED) is 0.905. The first-order valence-corrected chi connectivity index (χ1v) is 7.23. The summed E-state index contributed by atoms with van der Waals surface area (Å²) < 4.78 is 43.6. The van der Waals surface area contributed by atoms with E-state index in [-0.39, 0.29) is 5.56 Å². The molecule has 3 rings (SSSR count). The number of carboxylic acid groups (broad SMARTS) is 1. The van der Waals surface area contributed by atoms with Gasteiger partial charge in [-0.2, -0.15) is 18.2 Å². The number of halogens is 3. The third-order valence-corrected chi connectivity index (χ3v) is 4.10. The molecule has 2 heterocycles. The van der Waals surface area contributed by atoms with Gasteiger partial charge in [0.05, 0.1) is 11.8 Å². The highest BCUT2D eigenvalue weighted by Gasteiger charge is 2.53. The lowest BCUT2D eigenvalue weighted by atomic mass is 9.96. The predicted octanol–water partition coefficient (Wildman–Crippen LogP) is 2.07. The molecule has 0 spiro atoms. The predicted molar refractivity (Wildman–Crippen MR) is 76.3 cm³/mol. The van der Waals surface area contributed by atoms with Gasteiger partial charge in [-0.25, -0.2) is 0 Å². The van der Waals surface area contributed by atoms with Crippen molar-refractivity contribution < 1.29 is 32.4 Å². The summed E-state index contributed by atoms with van der Waals surface area (Å²) in [4.78, 5) is 28.2. The number of carbonyl (C=O) groups is 2. The zero-order valence-electron chi connectivity index (χ0n) is 12.6. The summed E-state index contributed by atoms with van der Waals surface area (Å²) in [6, 6.07) is 5.91. The van der Waals surface area contributed by atoms with Crippen molar-refractivity contribution in [2.45, 2.75) is 6.18 Å². The zero-order chi connectivity index (χ0) is 18.2. The molecule has 7 nitrogen and oxygen atoms in total. The Balaban J connectivity index is 1.78. The number of alkyl halides is 3. The molecule has 0 radical (unpaired) electrons. The number of benzene rings is 1. The second-order valence-corrected chi connectivity index (χ2v) is 5.64. The largest absolute Gasteiger partial charge is 0.481 e. The van der Waals surface area contributed by atoms with E-state index in [1.165, 1.54) is 24.3 Å². The normalized spacial score (nSPS) is 20.7. The summed E-state index contributed by atoms with van der Waals surface area (Å²) in [7, 11) is 0. The van der Waals surface area contributed by atoms with Gasteiger partial charge >= 0.3 is 12.1 Å². The molecule has 0 saturated carbocycles. The van der Waals surface area contributed by atoms with Crippen molar-refractivity contribution in [3.63, 3.8) is 0 Å². The zero-order valence-corrected chi connectivity index (χ0v) is 12.6. The van der Waals surface area contributed by atoms with Crippen molar-refractivity contribution in [1.82, 2.24) is 15.0 Å². The van der Waals surface area contributed by atoms with Gasteiger partial charge in [-0.3, -0.25) is 9.59 Å². The van der Waals surface area contributed by atoms with Gasteiger partial charge in [0.1, 0.15) is 0 Å². The van der Waals surface area contributed by atoms with Crippen molar-refractivity contribution >= 4 is 11.9 Å². The van der Waals surface area contributed by atoms with Gasteiger partial charge in [0.15, 0.2) is 0 Å². The Morgan fingerprint density at radius 2 is 1.88 bits per heavy atom. The minimum absolute atomic E-state index is 0.152. The molecule has 25 heavy (non-hydrogen) atoms. The molecule has 1 N–H and O–H groups in total. The SMILES string of the molecule is O=C(O)[C@@H]1CN(C(=O)c2ccc(-c3ncon3)cc2)C[C@H]1C(F)(F)F. The van der Waals surface area contributed by atoms with Crippen LogP contribution >= 0.6 is 0 Å². The van der Waals surface area contributed by atoms with Gasteiger partial charge in [0, 0.05) is 24.2 Å². The second-order valence-electron chi connectivity index (χ2n) is 5.64. The molecule has 132 valence electrons. The average Bonchev–Trinajstić information content (AvgIpc) is 3.23. The van der Waals surface area contributed by atoms with E-state index in [1.54, 1.807) is 0 Å². The van der Waals surface area contributed by atoms with Crippen LogP contribution < -0.4 is 0 Å². The Morgan fingerprint density at radius 3 is 2.36 bits per heavy atom. The second kappa shape index (κ2) is 6.19. The number of rotatable bonds is 3. The third kappa shape index (κ3) is 3.32. The van der Waals surface area contributed by atoms with E-state index in [1.807, 2.05) is 0 Å². The lowest BCUT2D eigenvalue weighted by Gasteiger charge is -2.18. The Morgan fingerprint density at radius 1 is 1.20 bits per heavy atom. The van der Waals surface area contributed by atoms with Crippen LogP contribution in [0.1, 0.15) is 10.4 Å². The molecule has 1 aliphatic rings. The summed E-state index contributed by atoms with van der Waals surface area (Å²) in [5.74, 6) is -5.65.